The number of carbonyl (C=O) groups is 1. The van der Waals surface area contributed by atoms with E-state index in [1.165, 1.54) is 23.6 Å². The molecular formula is C23H24N2O. The minimum Gasteiger partial charge on any atom is -0.355 e. The zero-order valence-electron chi connectivity index (χ0n) is 15.3. The van der Waals surface area contributed by atoms with Gasteiger partial charge in [-0.25, -0.2) is 0 Å². The topological polar surface area (TPSA) is 41.1 Å². The predicted molar refractivity (Wildman–Crippen MR) is 109 cm³/mol. The zero-order chi connectivity index (χ0) is 18.4. The summed E-state index contributed by atoms with van der Waals surface area (Å²) in [4.78, 5) is 11.1. The van der Waals surface area contributed by atoms with Crippen molar-refractivity contribution in [3.63, 3.8) is 0 Å². The largest absolute Gasteiger partial charge is 0.355 e. The van der Waals surface area contributed by atoms with Gasteiger partial charge in [-0.3, -0.25) is 4.79 Å². The molecule has 0 atom stereocenters. The van der Waals surface area contributed by atoms with E-state index >= 15 is 0 Å². The first kappa shape index (κ1) is 17.7. The van der Waals surface area contributed by atoms with Crippen LogP contribution < -0.4 is 10.6 Å². The van der Waals surface area contributed by atoms with Crippen molar-refractivity contribution >= 4 is 23.0 Å². The number of nitrogens with one attached hydrogen (secondary N) is 2. The second-order valence-corrected chi connectivity index (χ2v) is 6.52. The van der Waals surface area contributed by atoms with Gasteiger partial charge in [-0.1, -0.05) is 42.5 Å². The highest BCUT2D eigenvalue weighted by Crippen LogP contribution is 2.24. The number of benzene rings is 3. The fraction of sp³-hybridized carbons (Fsp3) is 0.174. The molecule has 0 spiro atoms. The van der Waals surface area contributed by atoms with Crippen molar-refractivity contribution in [2.75, 3.05) is 10.6 Å². The summed E-state index contributed by atoms with van der Waals surface area (Å²) in [5, 5.41) is 6.26. The van der Waals surface area contributed by atoms with Crippen molar-refractivity contribution < 1.29 is 4.79 Å². The molecule has 0 unspecified atom stereocenters. The number of hydrogen-bond donors (Lipinski definition) is 2. The Morgan fingerprint density at radius 2 is 1.46 bits per heavy atom. The average molecular weight is 344 g/mol. The van der Waals surface area contributed by atoms with Gasteiger partial charge in [0.15, 0.2) is 0 Å². The van der Waals surface area contributed by atoms with E-state index in [2.05, 4.69) is 66.1 Å². The molecule has 132 valence electrons. The van der Waals surface area contributed by atoms with E-state index < -0.39 is 0 Å². The Balaban J connectivity index is 1.68. The van der Waals surface area contributed by atoms with Crippen molar-refractivity contribution in [2.45, 2.75) is 26.7 Å². The third-order valence-corrected chi connectivity index (χ3v) is 4.33. The van der Waals surface area contributed by atoms with Crippen LogP contribution in [0.2, 0.25) is 0 Å². The first-order valence-corrected chi connectivity index (χ1v) is 8.88. The molecule has 0 saturated carbocycles. The van der Waals surface area contributed by atoms with Crippen molar-refractivity contribution in [3.05, 3.63) is 89.5 Å². The molecule has 3 nitrogen and oxygen atoms in total. The maximum absolute atomic E-state index is 11.1. The van der Waals surface area contributed by atoms with E-state index in [0.717, 1.165) is 29.9 Å². The molecule has 0 radical (unpaired) electrons. The van der Waals surface area contributed by atoms with E-state index in [0.29, 0.717) is 0 Å². The van der Waals surface area contributed by atoms with Crippen molar-refractivity contribution in [3.8, 4) is 0 Å². The lowest BCUT2D eigenvalue weighted by atomic mass is 10.0. The van der Waals surface area contributed by atoms with Crippen molar-refractivity contribution in [1.82, 2.24) is 0 Å². The van der Waals surface area contributed by atoms with Crippen molar-refractivity contribution in [2.24, 2.45) is 0 Å². The molecule has 1 amide bonds. The second-order valence-electron chi connectivity index (χ2n) is 6.52. The molecule has 0 aliphatic rings. The van der Waals surface area contributed by atoms with Crippen LogP contribution in [0.3, 0.4) is 0 Å². The summed E-state index contributed by atoms with van der Waals surface area (Å²) in [7, 11) is 0. The third kappa shape index (κ3) is 4.96. The van der Waals surface area contributed by atoms with Gasteiger partial charge in [0, 0.05) is 24.0 Å². The van der Waals surface area contributed by atoms with Gasteiger partial charge in [-0.2, -0.15) is 0 Å². The van der Waals surface area contributed by atoms with E-state index in [9.17, 15) is 4.79 Å². The number of hydrogen-bond acceptors (Lipinski definition) is 2. The van der Waals surface area contributed by atoms with Crippen LogP contribution in [0.25, 0.3) is 0 Å². The highest BCUT2D eigenvalue weighted by Gasteiger charge is 2.03. The number of aryl methyl sites for hydroxylation is 3. The van der Waals surface area contributed by atoms with Crippen LogP contribution in [0.4, 0.5) is 17.1 Å². The highest BCUT2D eigenvalue weighted by molar-refractivity contribution is 5.88. The average Bonchev–Trinajstić information content (AvgIpc) is 2.64. The van der Waals surface area contributed by atoms with Crippen LogP contribution in [-0.2, 0) is 17.6 Å². The Kier molecular flexibility index (Phi) is 5.69. The molecule has 0 fully saturated rings. The van der Waals surface area contributed by atoms with E-state index in [1.54, 1.807) is 0 Å². The Morgan fingerprint density at radius 1 is 0.808 bits per heavy atom. The van der Waals surface area contributed by atoms with Gasteiger partial charge in [-0.15, -0.1) is 0 Å². The Morgan fingerprint density at radius 3 is 2.15 bits per heavy atom. The second kappa shape index (κ2) is 8.34. The number of anilines is 3. The number of rotatable bonds is 6. The number of amides is 1. The molecule has 3 aromatic carbocycles. The van der Waals surface area contributed by atoms with Gasteiger partial charge in [-0.05, 0) is 66.8 Å². The van der Waals surface area contributed by atoms with Gasteiger partial charge < -0.3 is 10.6 Å². The molecule has 0 aliphatic carbocycles. The minimum atomic E-state index is -0.0623. The summed E-state index contributed by atoms with van der Waals surface area (Å²) in [6.45, 7) is 3.62. The van der Waals surface area contributed by atoms with Gasteiger partial charge >= 0.3 is 0 Å². The normalized spacial score (nSPS) is 10.4. The molecule has 0 heterocycles. The summed E-state index contributed by atoms with van der Waals surface area (Å²) in [6, 6.07) is 24.9. The third-order valence-electron chi connectivity index (χ3n) is 4.33. The predicted octanol–water partition coefficient (Wildman–Crippen LogP) is 5.48. The maximum atomic E-state index is 11.1. The standard InChI is InChI=1S/C23H24N2O/c1-17-8-9-20(11-10-19-6-4-3-5-7-19)16-23(17)25-22-14-12-21(13-15-22)24-18(2)26/h3-9,12-16,25H,10-11H2,1-2H3,(H,24,26). The van der Waals surface area contributed by atoms with Gasteiger partial charge in [0.25, 0.3) is 0 Å². The van der Waals surface area contributed by atoms with Crippen LogP contribution in [0.1, 0.15) is 23.6 Å². The maximum Gasteiger partial charge on any atom is 0.221 e. The fourth-order valence-corrected chi connectivity index (χ4v) is 2.89. The summed E-state index contributed by atoms with van der Waals surface area (Å²) in [5.74, 6) is -0.0623. The SMILES string of the molecule is CC(=O)Nc1ccc(Nc2cc(CCc3ccccc3)ccc2C)cc1. The van der Waals surface area contributed by atoms with E-state index in [1.807, 2.05) is 24.3 Å². The zero-order valence-corrected chi connectivity index (χ0v) is 15.3. The molecule has 3 aromatic rings. The van der Waals surface area contributed by atoms with E-state index in [4.69, 9.17) is 0 Å². The fourth-order valence-electron chi connectivity index (χ4n) is 2.89. The molecular weight excluding hydrogens is 320 g/mol. The Hall–Kier alpha value is -3.07. The Bertz CT molecular complexity index is 870. The molecule has 3 heteroatoms. The summed E-state index contributed by atoms with van der Waals surface area (Å²) < 4.78 is 0. The first-order valence-electron chi connectivity index (χ1n) is 8.88. The number of carbonyl (C=O) groups excluding carboxylic acids is 1. The smallest absolute Gasteiger partial charge is 0.221 e. The quantitative estimate of drug-likeness (QED) is 0.621. The van der Waals surface area contributed by atoms with Crippen LogP contribution in [0.5, 0.6) is 0 Å². The van der Waals surface area contributed by atoms with Crippen LogP contribution in [0.15, 0.2) is 72.8 Å². The molecule has 0 aliphatic heterocycles. The van der Waals surface area contributed by atoms with Crippen LogP contribution >= 0.6 is 0 Å². The van der Waals surface area contributed by atoms with Gasteiger partial charge in [0.1, 0.15) is 0 Å². The monoisotopic (exact) mass is 344 g/mol. The lowest BCUT2D eigenvalue weighted by Gasteiger charge is -2.12. The lowest BCUT2D eigenvalue weighted by molar-refractivity contribution is -0.114. The van der Waals surface area contributed by atoms with E-state index in [-0.39, 0.29) is 5.91 Å². The summed E-state index contributed by atoms with van der Waals surface area (Å²) in [6.07, 6.45) is 2.05. The summed E-state index contributed by atoms with van der Waals surface area (Å²) in [5.41, 5.74) is 6.80. The molecule has 0 bridgehead atoms. The molecule has 26 heavy (non-hydrogen) atoms. The van der Waals surface area contributed by atoms with Crippen LogP contribution in [-0.4, -0.2) is 5.91 Å². The van der Waals surface area contributed by atoms with Gasteiger partial charge in [0.05, 0.1) is 0 Å². The molecule has 0 aromatic heterocycles. The van der Waals surface area contributed by atoms with Crippen molar-refractivity contribution in [1.29, 1.82) is 0 Å². The Labute approximate surface area is 155 Å². The van der Waals surface area contributed by atoms with Gasteiger partial charge in [0.2, 0.25) is 5.91 Å². The minimum absolute atomic E-state index is 0.0623. The molecule has 2 N–H and O–H groups in total. The first-order chi connectivity index (χ1) is 12.6. The van der Waals surface area contributed by atoms with Crippen LogP contribution in [0, 0.1) is 6.92 Å². The molecule has 0 saturated heterocycles. The lowest BCUT2D eigenvalue weighted by Crippen LogP contribution is -2.05. The molecule has 3 rings (SSSR count). The summed E-state index contributed by atoms with van der Waals surface area (Å²) >= 11 is 0. The highest BCUT2D eigenvalue weighted by atomic mass is 16.1.